The summed E-state index contributed by atoms with van der Waals surface area (Å²) in [4.78, 5) is 11.6. The van der Waals surface area contributed by atoms with Gasteiger partial charge in [-0.1, -0.05) is 17.3 Å². The predicted molar refractivity (Wildman–Crippen MR) is 107 cm³/mol. The molecule has 4 aromatic rings. The Morgan fingerprint density at radius 2 is 2.00 bits per heavy atom. The lowest BCUT2D eigenvalue weighted by atomic mass is 10.1. The van der Waals surface area contributed by atoms with Crippen molar-refractivity contribution in [3.63, 3.8) is 0 Å². The Morgan fingerprint density at radius 1 is 1.17 bits per heavy atom. The van der Waals surface area contributed by atoms with Crippen LogP contribution in [0.4, 0.5) is 0 Å². The summed E-state index contributed by atoms with van der Waals surface area (Å²) in [6, 6.07) is 16.1. The molecule has 2 aromatic carbocycles. The zero-order valence-corrected chi connectivity index (χ0v) is 16.0. The molecule has 0 bridgehead atoms. The lowest BCUT2D eigenvalue weighted by Gasteiger charge is -2.06. The van der Waals surface area contributed by atoms with Gasteiger partial charge in [0.05, 0.1) is 24.4 Å². The van der Waals surface area contributed by atoms with E-state index in [1.807, 2.05) is 18.2 Å². The molecule has 8 heteroatoms. The van der Waals surface area contributed by atoms with Crippen LogP contribution < -0.4 is 10.4 Å². The first-order valence-electron chi connectivity index (χ1n) is 8.78. The first-order valence-corrected chi connectivity index (χ1v) is 9.31. The predicted octanol–water partition coefficient (Wildman–Crippen LogP) is 3.62. The number of alkyl halides is 1. The number of benzene rings is 2. The average molecular weight is 407 g/mol. The summed E-state index contributed by atoms with van der Waals surface area (Å²) in [7, 11) is 0. The number of aromatic nitrogens is 3. The van der Waals surface area contributed by atoms with Crippen molar-refractivity contribution in [3.8, 4) is 11.8 Å². The highest BCUT2D eigenvalue weighted by Crippen LogP contribution is 2.24. The van der Waals surface area contributed by atoms with Crippen LogP contribution in [-0.2, 0) is 19.0 Å². The minimum absolute atomic E-state index is 0.221. The highest BCUT2D eigenvalue weighted by atomic mass is 35.5. The SMILES string of the molecule is N#Cc1ccc(Cn2cc(COc3ccc4c(CCl)cc(=O)oc4c3)nn2)cc1. The molecule has 0 aliphatic carbocycles. The number of halogens is 1. The van der Waals surface area contributed by atoms with Crippen LogP contribution >= 0.6 is 11.6 Å². The number of nitriles is 1. The molecule has 2 aromatic heterocycles. The molecule has 0 saturated heterocycles. The Labute approximate surface area is 170 Å². The van der Waals surface area contributed by atoms with E-state index >= 15 is 0 Å². The van der Waals surface area contributed by atoms with Crippen molar-refractivity contribution >= 4 is 22.6 Å². The average Bonchev–Trinajstić information content (AvgIpc) is 3.19. The van der Waals surface area contributed by atoms with Crippen LogP contribution in [0.3, 0.4) is 0 Å². The third-order valence-corrected chi connectivity index (χ3v) is 4.63. The minimum Gasteiger partial charge on any atom is -0.487 e. The van der Waals surface area contributed by atoms with Crippen LogP contribution in [0.25, 0.3) is 11.0 Å². The smallest absolute Gasteiger partial charge is 0.336 e. The van der Waals surface area contributed by atoms with Crippen molar-refractivity contribution in [3.05, 3.63) is 87.5 Å². The van der Waals surface area contributed by atoms with Gasteiger partial charge in [-0.25, -0.2) is 9.48 Å². The van der Waals surface area contributed by atoms with Crippen LogP contribution in [0.2, 0.25) is 0 Å². The first-order chi connectivity index (χ1) is 14.1. The van der Waals surface area contributed by atoms with E-state index in [0.717, 1.165) is 16.5 Å². The van der Waals surface area contributed by atoms with Crippen molar-refractivity contribution in [2.24, 2.45) is 0 Å². The van der Waals surface area contributed by atoms with Gasteiger partial charge in [0.15, 0.2) is 0 Å². The normalized spacial score (nSPS) is 10.8. The molecule has 0 radical (unpaired) electrons. The molecule has 4 rings (SSSR count). The van der Waals surface area contributed by atoms with Gasteiger partial charge in [-0.3, -0.25) is 0 Å². The van der Waals surface area contributed by atoms with Gasteiger partial charge in [0, 0.05) is 23.4 Å². The quantitative estimate of drug-likeness (QED) is 0.358. The Balaban J connectivity index is 1.44. The van der Waals surface area contributed by atoms with Gasteiger partial charge in [0.1, 0.15) is 23.6 Å². The fourth-order valence-corrected chi connectivity index (χ4v) is 3.14. The Kier molecular flexibility index (Phi) is 5.27. The highest BCUT2D eigenvalue weighted by molar-refractivity contribution is 6.17. The molecule has 0 aliphatic rings. The third kappa shape index (κ3) is 4.28. The van der Waals surface area contributed by atoms with E-state index in [0.29, 0.717) is 29.1 Å². The monoisotopic (exact) mass is 406 g/mol. The third-order valence-electron chi connectivity index (χ3n) is 4.35. The fraction of sp³-hybridized carbons (Fsp3) is 0.143. The Hall–Kier alpha value is -3.63. The van der Waals surface area contributed by atoms with Crippen molar-refractivity contribution < 1.29 is 9.15 Å². The maximum atomic E-state index is 11.6. The van der Waals surface area contributed by atoms with Crippen LogP contribution in [0, 0.1) is 11.3 Å². The molecule has 0 unspecified atom stereocenters. The minimum atomic E-state index is -0.448. The molecule has 0 spiro atoms. The Morgan fingerprint density at radius 3 is 2.76 bits per heavy atom. The molecule has 0 aliphatic heterocycles. The topological polar surface area (TPSA) is 93.9 Å². The zero-order chi connectivity index (χ0) is 20.2. The van der Waals surface area contributed by atoms with Gasteiger partial charge in [0.25, 0.3) is 0 Å². The summed E-state index contributed by atoms with van der Waals surface area (Å²) in [5, 5.41) is 17.8. The summed E-state index contributed by atoms with van der Waals surface area (Å²) >= 11 is 5.89. The van der Waals surface area contributed by atoms with E-state index in [2.05, 4.69) is 16.4 Å². The van der Waals surface area contributed by atoms with Gasteiger partial charge in [0.2, 0.25) is 0 Å². The van der Waals surface area contributed by atoms with Crippen LogP contribution in [0.15, 0.2) is 63.9 Å². The number of nitrogens with zero attached hydrogens (tertiary/aromatic N) is 4. The molecular weight excluding hydrogens is 392 g/mol. The lowest BCUT2D eigenvalue weighted by Crippen LogP contribution is -2.01. The van der Waals surface area contributed by atoms with Gasteiger partial charge in [-0.15, -0.1) is 16.7 Å². The number of hydrogen-bond donors (Lipinski definition) is 0. The van der Waals surface area contributed by atoms with Crippen molar-refractivity contribution in [2.45, 2.75) is 19.0 Å². The standard InChI is InChI=1S/C21H15ClN4O3/c22-9-16-7-21(27)29-20-8-18(5-6-19(16)20)28-13-17-12-26(25-24-17)11-15-3-1-14(10-23)2-4-15/h1-8,12H,9,11,13H2. The summed E-state index contributed by atoms with van der Waals surface area (Å²) in [6.07, 6.45) is 1.80. The molecule has 144 valence electrons. The molecule has 29 heavy (non-hydrogen) atoms. The fourth-order valence-electron chi connectivity index (χ4n) is 2.92. The van der Waals surface area contributed by atoms with Crippen molar-refractivity contribution in [1.82, 2.24) is 15.0 Å². The molecule has 7 nitrogen and oxygen atoms in total. The Bertz CT molecular complexity index is 1260. The highest BCUT2D eigenvalue weighted by Gasteiger charge is 2.08. The summed E-state index contributed by atoms with van der Waals surface area (Å²) in [5.74, 6) is 0.777. The van der Waals surface area contributed by atoms with Gasteiger partial charge in [-0.05, 0) is 35.4 Å². The lowest BCUT2D eigenvalue weighted by molar-refractivity contribution is 0.301. The van der Waals surface area contributed by atoms with Gasteiger partial charge >= 0.3 is 5.63 Å². The van der Waals surface area contributed by atoms with Gasteiger partial charge in [-0.2, -0.15) is 5.26 Å². The largest absolute Gasteiger partial charge is 0.487 e. The maximum Gasteiger partial charge on any atom is 0.336 e. The molecule has 2 heterocycles. The number of hydrogen-bond acceptors (Lipinski definition) is 6. The van der Waals surface area contributed by atoms with Crippen molar-refractivity contribution in [2.75, 3.05) is 0 Å². The van der Waals surface area contributed by atoms with Crippen LogP contribution in [0.5, 0.6) is 5.75 Å². The van der Waals surface area contributed by atoms with Gasteiger partial charge < -0.3 is 9.15 Å². The maximum absolute atomic E-state index is 11.6. The second kappa shape index (κ2) is 8.17. The molecular formula is C21H15ClN4O3. The molecule has 0 saturated carbocycles. The van der Waals surface area contributed by atoms with Crippen LogP contribution in [-0.4, -0.2) is 15.0 Å². The molecule has 0 amide bonds. The van der Waals surface area contributed by atoms with Crippen molar-refractivity contribution in [1.29, 1.82) is 5.26 Å². The summed E-state index contributed by atoms with van der Waals surface area (Å²) < 4.78 is 12.7. The molecule has 0 N–H and O–H groups in total. The summed E-state index contributed by atoms with van der Waals surface area (Å²) in [6.45, 7) is 0.763. The number of fused-ring (bicyclic) bond motifs is 1. The second-order valence-electron chi connectivity index (χ2n) is 6.39. The van der Waals surface area contributed by atoms with E-state index in [9.17, 15) is 4.79 Å². The van der Waals surface area contributed by atoms with E-state index in [1.54, 1.807) is 35.1 Å². The van der Waals surface area contributed by atoms with E-state index in [1.165, 1.54) is 6.07 Å². The molecule has 0 atom stereocenters. The van der Waals surface area contributed by atoms with Crippen LogP contribution in [0.1, 0.15) is 22.4 Å². The number of rotatable bonds is 6. The second-order valence-corrected chi connectivity index (χ2v) is 6.65. The molecule has 0 fully saturated rings. The van der Waals surface area contributed by atoms with E-state index in [-0.39, 0.29) is 12.5 Å². The van der Waals surface area contributed by atoms with E-state index < -0.39 is 5.63 Å². The number of ether oxygens (including phenoxy) is 1. The van der Waals surface area contributed by atoms with E-state index in [4.69, 9.17) is 26.0 Å². The summed E-state index contributed by atoms with van der Waals surface area (Å²) in [5.41, 5.74) is 2.99. The zero-order valence-electron chi connectivity index (χ0n) is 15.2. The first kappa shape index (κ1) is 18.7.